The van der Waals surface area contributed by atoms with Crippen LogP contribution in [0.25, 0.3) is 6.08 Å². The van der Waals surface area contributed by atoms with E-state index in [1.165, 1.54) is 6.08 Å². The first kappa shape index (κ1) is 54.9. The molecule has 3 amide bonds. The van der Waals surface area contributed by atoms with Crippen molar-refractivity contribution in [3.05, 3.63) is 233 Å². The van der Waals surface area contributed by atoms with E-state index in [0.29, 0.717) is 101 Å². The Bertz CT molecular complexity index is 2920. The predicted molar refractivity (Wildman–Crippen MR) is 295 cm³/mol. The van der Waals surface area contributed by atoms with Gasteiger partial charge in [0.1, 0.15) is 33.0 Å². The number of carbonyl (C=O) groups is 3. The number of nitrogens with zero attached hydrogens (tertiary/aromatic N) is 3. The van der Waals surface area contributed by atoms with Crippen molar-refractivity contribution in [2.45, 2.75) is 71.6 Å². The minimum Gasteiger partial charge on any atom is -0.485 e. The van der Waals surface area contributed by atoms with Crippen LogP contribution in [0.1, 0.15) is 71.0 Å². The van der Waals surface area contributed by atoms with Crippen LogP contribution in [-0.4, -0.2) is 60.4 Å². The van der Waals surface area contributed by atoms with Gasteiger partial charge in [-0.15, -0.1) is 0 Å². The molecule has 1 N–H and O–H groups in total. The van der Waals surface area contributed by atoms with E-state index in [4.69, 9.17) is 23.7 Å². The minimum absolute atomic E-state index is 0.104. The average Bonchev–Trinajstić information content (AvgIpc) is 3.47. The van der Waals surface area contributed by atoms with Gasteiger partial charge in [0, 0.05) is 45.2 Å². The summed E-state index contributed by atoms with van der Waals surface area (Å²) in [6, 6.07) is 62.7. The monoisotopic (exact) mass is 1020 g/mol. The second kappa shape index (κ2) is 31.0. The lowest BCUT2D eigenvalue weighted by Crippen LogP contribution is -2.36. The number of carbonyl (C=O) groups excluding carboxylic acids is 3. The highest BCUT2D eigenvalue weighted by Crippen LogP contribution is 2.32. The number of nitriles is 1. The number of nitrogens with one attached hydrogen (secondary N) is 1. The number of hydrogen-bond acceptors (Lipinski definition) is 9. The Labute approximate surface area is 447 Å². The standard InChI is InChI=1S/C64H66N4O8/c65-38-18-42-67(63(70)37-33-52-31-35-59(73-47-54-22-8-2-9-23-54)61(45-52)75-49-56-26-12-4-13-27-56)40-16-17-41-68(64(71)76-50-57-28-14-5-15-29-57)43-19-39-66-62(69)36-32-51-30-34-58(72-46-53-20-6-1-7-21-53)60(44-51)74-48-55-24-10-3-11-25-55/h1-15,20-31,33-35,37,44-45H,16-19,32,36,39-43,46-50H2,(H,66,69)/b37-33+. The Morgan fingerprint density at radius 2 is 0.921 bits per heavy atom. The van der Waals surface area contributed by atoms with Gasteiger partial charge in [-0.05, 0) is 95.0 Å². The lowest BCUT2D eigenvalue weighted by Gasteiger charge is -2.24. The molecule has 0 fully saturated rings. The molecule has 390 valence electrons. The molecule has 0 aliphatic carbocycles. The van der Waals surface area contributed by atoms with Crippen LogP contribution in [0.3, 0.4) is 0 Å². The van der Waals surface area contributed by atoms with Crippen molar-refractivity contribution in [1.82, 2.24) is 15.1 Å². The van der Waals surface area contributed by atoms with Crippen LogP contribution in [0, 0.1) is 11.3 Å². The Hall–Kier alpha value is -8.82. The van der Waals surface area contributed by atoms with Crippen LogP contribution in [-0.2, 0) is 53.8 Å². The van der Waals surface area contributed by atoms with Crippen LogP contribution < -0.4 is 24.3 Å². The van der Waals surface area contributed by atoms with Gasteiger partial charge in [-0.25, -0.2) is 4.79 Å². The van der Waals surface area contributed by atoms with Crippen molar-refractivity contribution < 1.29 is 38.1 Å². The molecular weight excluding hydrogens is 953 g/mol. The zero-order valence-electron chi connectivity index (χ0n) is 43.0. The summed E-state index contributed by atoms with van der Waals surface area (Å²) in [6.07, 6.45) is 5.39. The zero-order chi connectivity index (χ0) is 52.8. The lowest BCUT2D eigenvalue weighted by molar-refractivity contribution is -0.126. The molecule has 7 rings (SSSR count). The third kappa shape index (κ3) is 19.2. The molecule has 12 heteroatoms. The van der Waals surface area contributed by atoms with Gasteiger partial charge in [0.15, 0.2) is 23.0 Å². The fraction of sp³-hybridized carbons (Fsp3) is 0.250. The lowest BCUT2D eigenvalue weighted by atomic mass is 10.1. The molecule has 7 aromatic rings. The summed E-state index contributed by atoms with van der Waals surface area (Å²) >= 11 is 0. The Balaban J connectivity index is 0.907. The number of hydrogen-bond donors (Lipinski definition) is 1. The largest absolute Gasteiger partial charge is 0.485 e. The molecular formula is C64H66N4O8. The van der Waals surface area contributed by atoms with E-state index in [1.807, 2.05) is 188 Å². The van der Waals surface area contributed by atoms with Crippen molar-refractivity contribution in [2.24, 2.45) is 0 Å². The summed E-state index contributed by atoms with van der Waals surface area (Å²) in [5.41, 5.74) is 6.67. The van der Waals surface area contributed by atoms with E-state index in [9.17, 15) is 19.6 Å². The first-order chi connectivity index (χ1) is 37.4. The number of aryl methyl sites for hydroxylation is 1. The van der Waals surface area contributed by atoms with E-state index in [0.717, 1.165) is 38.9 Å². The molecule has 0 saturated heterocycles. The molecule has 0 aliphatic heterocycles. The predicted octanol–water partition coefficient (Wildman–Crippen LogP) is 12.3. The molecule has 0 atom stereocenters. The topological polar surface area (TPSA) is 140 Å². The van der Waals surface area contributed by atoms with E-state index < -0.39 is 6.09 Å². The second-order valence-corrected chi connectivity index (χ2v) is 18.1. The highest BCUT2D eigenvalue weighted by atomic mass is 16.6. The fourth-order valence-corrected chi connectivity index (χ4v) is 8.09. The van der Waals surface area contributed by atoms with Gasteiger partial charge in [0.2, 0.25) is 11.8 Å². The van der Waals surface area contributed by atoms with E-state index >= 15 is 0 Å². The Morgan fingerprint density at radius 1 is 0.474 bits per heavy atom. The quantitative estimate of drug-likeness (QED) is 0.0344. The van der Waals surface area contributed by atoms with Crippen molar-refractivity contribution >= 4 is 24.0 Å². The van der Waals surface area contributed by atoms with Crippen molar-refractivity contribution in [1.29, 1.82) is 5.26 Å². The smallest absolute Gasteiger partial charge is 0.410 e. The summed E-state index contributed by atoms with van der Waals surface area (Å²) < 4.78 is 30.6. The maximum atomic E-state index is 13.7. The fourth-order valence-electron chi connectivity index (χ4n) is 8.09. The molecule has 0 saturated carbocycles. The molecule has 0 heterocycles. The molecule has 0 unspecified atom stereocenters. The van der Waals surface area contributed by atoms with E-state index in [2.05, 4.69) is 11.4 Å². The maximum Gasteiger partial charge on any atom is 0.410 e. The van der Waals surface area contributed by atoms with E-state index in [1.54, 1.807) is 15.9 Å². The number of rotatable bonds is 30. The van der Waals surface area contributed by atoms with Gasteiger partial charge in [0.25, 0.3) is 0 Å². The molecule has 12 nitrogen and oxygen atoms in total. The van der Waals surface area contributed by atoms with Crippen LogP contribution in [0.4, 0.5) is 4.79 Å². The summed E-state index contributed by atoms with van der Waals surface area (Å²) in [4.78, 5) is 43.6. The molecule has 0 radical (unpaired) electrons. The van der Waals surface area contributed by atoms with Crippen LogP contribution >= 0.6 is 0 Å². The van der Waals surface area contributed by atoms with E-state index in [-0.39, 0.29) is 37.8 Å². The van der Waals surface area contributed by atoms with Crippen LogP contribution in [0.15, 0.2) is 194 Å². The van der Waals surface area contributed by atoms with Gasteiger partial charge in [-0.2, -0.15) is 5.26 Å². The molecule has 7 aromatic carbocycles. The van der Waals surface area contributed by atoms with Crippen LogP contribution in [0.2, 0.25) is 0 Å². The highest BCUT2D eigenvalue weighted by molar-refractivity contribution is 5.92. The highest BCUT2D eigenvalue weighted by Gasteiger charge is 2.18. The SMILES string of the molecule is N#CCCN(CCCCN(CCCNC(=O)CCc1ccc(OCc2ccccc2)c(OCc2ccccc2)c1)C(=O)OCc1ccccc1)C(=O)/C=C/c1ccc(OCc2ccccc2)c(OCc2ccccc2)c1. The zero-order valence-corrected chi connectivity index (χ0v) is 43.0. The van der Waals surface area contributed by atoms with Crippen molar-refractivity contribution in [3.8, 4) is 29.1 Å². The Morgan fingerprint density at radius 3 is 1.43 bits per heavy atom. The van der Waals surface area contributed by atoms with Gasteiger partial charge < -0.3 is 38.8 Å². The number of benzene rings is 7. The summed E-state index contributed by atoms with van der Waals surface area (Å²) in [7, 11) is 0. The molecule has 0 spiro atoms. The second-order valence-electron chi connectivity index (χ2n) is 18.1. The minimum atomic E-state index is -0.458. The molecule has 0 aliphatic rings. The number of amides is 3. The summed E-state index contributed by atoms with van der Waals surface area (Å²) in [6.45, 7) is 3.35. The average molecular weight is 1020 g/mol. The third-order valence-corrected chi connectivity index (χ3v) is 12.3. The normalized spacial score (nSPS) is 10.8. The van der Waals surface area contributed by atoms with Crippen molar-refractivity contribution in [3.63, 3.8) is 0 Å². The first-order valence-electron chi connectivity index (χ1n) is 25.9. The first-order valence-corrected chi connectivity index (χ1v) is 25.9. The third-order valence-electron chi connectivity index (χ3n) is 12.3. The molecule has 76 heavy (non-hydrogen) atoms. The van der Waals surface area contributed by atoms with Gasteiger partial charge >= 0.3 is 6.09 Å². The number of unbranched alkanes of at least 4 members (excludes halogenated alkanes) is 1. The van der Waals surface area contributed by atoms with Gasteiger partial charge in [0.05, 0.1) is 12.5 Å². The van der Waals surface area contributed by atoms with Gasteiger partial charge in [-0.1, -0.05) is 164 Å². The van der Waals surface area contributed by atoms with Crippen molar-refractivity contribution in [2.75, 3.05) is 32.7 Å². The van der Waals surface area contributed by atoms with Gasteiger partial charge in [-0.3, -0.25) is 9.59 Å². The number of ether oxygens (including phenoxy) is 5. The van der Waals surface area contributed by atoms with Crippen LogP contribution in [0.5, 0.6) is 23.0 Å². The summed E-state index contributed by atoms with van der Waals surface area (Å²) in [5.74, 6) is 2.03. The molecule has 0 aromatic heterocycles. The Kier molecular flexibility index (Phi) is 22.4. The molecule has 0 bridgehead atoms. The summed E-state index contributed by atoms with van der Waals surface area (Å²) in [5, 5.41) is 12.5. The maximum absolute atomic E-state index is 13.7.